The highest BCUT2D eigenvalue weighted by molar-refractivity contribution is 8.54. The second kappa shape index (κ2) is 23.9. The number of para-hydroxylation sites is 1. The molecule has 4 aromatic carbocycles. The quantitative estimate of drug-likeness (QED) is 0.0299. The molecule has 5 N–H and O–H groups in total. The Bertz CT molecular complexity index is 4110. The van der Waals surface area contributed by atoms with E-state index in [1.165, 1.54) is 10.9 Å². The number of carbonyl (C=O) groups is 1. The lowest BCUT2D eigenvalue weighted by Gasteiger charge is -2.26. The maximum atomic E-state index is 17.0. The molecule has 0 bridgehead atoms. The van der Waals surface area contributed by atoms with Crippen molar-refractivity contribution in [2.24, 2.45) is 0 Å². The molecule has 0 amide bonds. The first-order chi connectivity index (χ1) is 41.0. The number of ether oxygens (including phenoxy) is 4. The lowest BCUT2D eigenvalue weighted by atomic mass is 9.96. The highest BCUT2D eigenvalue weighted by Gasteiger charge is 2.52. The minimum atomic E-state index is -4.29. The number of hydrogen-bond acceptors (Lipinski definition) is 23. The highest BCUT2D eigenvalue weighted by Crippen LogP contribution is 2.64. The van der Waals surface area contributed by atoms with Gasteiger partial charge < -0.3 is 48.9 Å². The minimum Gasteiger partial charge on any atom is -0.492 e. The molecule has 2 fully saturated rings. The molecular weight excluding hydrogens is 1170 g/mol. The Morgan fingerprint density at radius 3 is 2.38 bits per heavy atom. The van der Waals surface area contributed by atoms with Crippen molar-refractivity contribution < 1.29 is 59.7 Å². The molecule has 85 heavy (non-hydrogen) atoms. The van der Waals surface area contributed by atoms with Crippen LogP contribution < -0.4 is 31.4 Å². The van der Waals surface area contributed by atoms with Crippen molar-refractivity contribution in [2.75, 3.05) is 49.8 Å². The number of imidazole rings is 2. The summed E-state index contributed by atoms with van der Waals surface area (Å²) in [6.45, 7) is -2.52. The molecule has 26 nitrogen and oxygen atoms in total. The predicted octanol–water partition coefficient (Wildman–Crippen LogP) is 7.01. The molecule has 0 spiro atoms. The topological polar surface area (TPSA) is 318 Å². The Hall–Kier alpha value is -7.92. The maximum absolute atomic E-state index is 17.0. The number of fused-ring (bicyclic) bond motifs is 7. The van der Waals surface area contributed by atoms with Crippen LogP contribution in [0.25, 0.3) is 44.8 Å². The van der Waals surface area contributed by atoms with Gasteiger partial charge in [-0.05, 0) is 71.9 Å². The largest absolute Gasteiger partial charge is 0.492 e. The standard InChI is InChI=1S/C53H53BF2N14O12P2S/c1-3-77-84(74,82-45-38(80-51(40(45)56)68-27-61-42-46(57)59-26-60-47(42)68)24-78-83(54,73)81-37-23-76-50(39(37)55)69-28-62-43-48(69)63-53(58)64-49(43)71)85-25-29-12-16-33(17-13-29)79-52(72)30-14-18-32(19-15-30)75-21-20-70-44-34-9-5-4-8-31(34)22-67(2)36-11-7-6-10-35(36)41(44)65-66-70/h4-19,26-28,37-40,45,50-51H,3,20-25,54H2,1-2H3,(H2,57,59,60)(H3,58,63,64,71)/t37-,38-,39-,40-,45-,50-,51-,83?,84?/m1/s1. The number of esters is 1. The number of nitrogens with two attached hydrogens (primary N) is 2. The Balaban J connectivity index is 0.674. The summed E-state index contributed by atoms with van der Waals surface area (Å²) in [5.41, 5.74) is 18.0. The van der Waals surface area contributed by atoms with E-state index in [9.17, 15) is 18.7 Å². The second-order valence-corrected chi connectivity index (χ2v) is 25.9. The number of rotatable bonds is 20. The van der Waals surface area contributed by atoms with Crippen molar-refractivity contribution in [3.05, 3.63) is 143 Å². The summed E-state index contributed by atoms with van der Waals surface area (Å²) < 4.78 is 113. The monoisotopic (exact) mass is 1220 g/mol. The van der Waals surface area contributed by atoms with Crippen LogP contribution in [0.4, 0.5) is 26.2 Å². The third-order valence-corrected chi connectivity index (χ3v) is 19.3. The number of aromatic amines is 1. The Morgan fingerprint density at radius 1 is 0.859 bits per heavy atom. The normalized spacial score (nSPS) is 21.6. The fourth-order valence-corrected chi connectivity index (χ4v) is 14.9. The van der Waals surface area contributed by atoms with Gasteiger partial charge in [0.2, 0.25) is 5.95 Å². The first kappa shape index (κ1) is 57.5. The molecule has 3 aliphatic heterocycles. The number of aromatic nitrogens is 11. The molecule has 2 saturated heterocycles. The van der Waals surface area contributed by atoms with E-state index in [4.69, 9.17) is 48.5 Å². The van der Waals surface area contributed by atoms with Gasteiger partial charge in [-0.25, -0.2) is 42.8 Å². The van der Waals surface area contributed by atoms with Crippen molar-refractivity contribution >= 4 is 79.0 Å². The molecular formula is C53H53BF2N14O12P2S. The Kier molecular flexibility index (Phi) is 16.1. The minimum absolute atomic E-state index is 0.0157. The number of alkyl halides is 2. The first-order valence-corrected chi connectivity index (χ1v) is 31.7. The maximum Gasteiger partial charge on any atom is 0.389 e. The molecule has 3 aliphatic rings. The van der Waals surface area contributed by atoms with Gasteiger partial charge in [0.05, 0.1) is 50.3 Å². The molecule has 9 atom stereocenters. The molecule has 12 rings (SSSR count). The van der Waals surface area contributed by atoms with Crippen LogP contribution >= 0.6 is 25.7 Å². The SMILES string of the molecule is BP(=O)(OC[C@H]1O[C@@H](n2cnc3c(N)ncnc32)[C@H](F)[C@@H]1OP(=O)(OCC)SCc1ccc(OC(=O)c2ccc(OCCn3nnc4c3-c3ccccc3CN(C)c3ccccc3-4)cc2)cc1)O[C@@H]1CO[C@@H](n2cnc3c(=O)[nH]c(N)nc32)[C@@H]1F. The van der Waals surface area contributed by atoms with Gasteiger partial charge in [0.25, 0.3) is 20.6 Å². The van der Waals surface area contributed by atoms with Crippen LogP contribution in [0.2, 0.25) is 0 Å². The van der Waals surface area contributed by atoms with Crippen LogP contribution in [-0.4, -0.2) is 132 Å². The van der Waals surface area contributed by atoms with Gasteiger partial charge in [0, 0.05) is 36.2 Å². The van der Waals surface area contributed by atoms with Crippen molar-refractivity contribution in [3.8, 4) is 34.0 Å². The molecule has 5 aromatic heterocycles. The van der Waals surface area contributed by atoms with Crippen molar-refractivity contribution in [1.82, 2.24) is 54.0 Å². The van der Waals surface area contributed by atoms with Crippen LogP contribution in [0.1, 0.15) is 40.9 Å². The van der Waals surface area contributed by atoms with Crippen LogP contribution in [0.15, 0.2) is 121 Å². The summed E-state index contributed by atoms with van der Waals surface area (Å²) in [4.78, 5) is 50.6. The zero-order valence-electron chi connectivity index (χ0n) is 45.5. The number of halogens is 2. The van der Waals surface area contributed by atoms with Gasteiger partial charge in [0.15, 0.2) is 47.4 Å². The zero-order chi connectivity index (χ0) is 59.1. The van der Waals surface area contributed by atoms with E-state index in [1.807, 2.05) is 28.9 Å². The summed E-state index contributed by atoms with van der Waals surface area (Å²) in [7, 11) is -1.10. The molecule has 9 aromatic rings. The number of nitrogens with zero attached hydrogens (tertiary/aromatic N) is 11. The summed E-state index contributed by atoms with van der Waals surface area (Å²) in [5, 5.41) is 9.18. The fourth-order valence-electron chi connectivity index (χ4n) is 10.2. The Labute approximate surface area is 486 Å². The number of carbonyl (C=O) groups excluding carboxylic acids is 1. The van der Waals surface area contributed by atoms with E-state index in [0.29, 0.717) is 24.4 Å². The number of H-pyrrole nitrogens is 1. The van der Waals surface area contributed by atoms with Crippen molar-refractivity contribution in [3.63, 3.8) is 0 Å². The molecule has 440 valence electrons. The van der Waals surface area contributed by atoms with Gasteiger partial charge in [-0.3, -0.25) is 28.0 Å². The van der Waals surface area contributed by atoms with Crippen molar-refractivity contribution in [2.45, 2.75) is 68.9 Å². The third kappa shape index (κ3) is 11.8. The lowest BCUT2D eigenvalue weighted by molar-refractivity contribution is -0.0422. The van der Waals surface area contributed by atoms with Crippen LogP contribution in [0, 0.1) is 0 Å². The van der Waals surface area contributed by atoms with E-state index in [-0.39, 0.29) is 64.4 Å². The average molecular weight is 1220 g/mol. The fraction of sp³-hybridized carbons (Fsp3) is 0.302. The molecule has 8 heterocycles. The van der Waals surface area contributed by atoms with Gasteiger partial charge in [-0.2, -0.15) is 4.98 Å². The van der Waals surface area contributed by atoms with Crippen LogP contribution in [0.3, 0.4) is 0 Å². The third-order valence-electron chi connectivity index (χ3n) is 14.2. The first-order valence-electron chi connectivity index (χ1n) is 26.6. The molecule has 0 aliphatic carbocycles. The van der Waals surface area contributed by atoms with Crippen molar-refractivity contribution in [1.29, 1.82) is 0 Å². The number of benzene rings is 4. The summed E-state index contributed by atoms with van der Waals surface area (Å²) in [5.74, 6) is -0.0551. The number of hydrogen-bond donors (Lipinski definition) is 3. The molecule has 32 heteroatoms. The second-order valence-electron chi connectivity index (χ2n) is 19.9. The number of nitrogen functional groups attached to an aromatic ring is 2. The lowest BCUT2D eigenvalue weighted by Crippen LogP contribution is -2.34. The summed E-state index contributed by atoms with van der Waals surface area (Å²) in [6.07, 6.45) is -8.09. The smallest absolute Gasteiger partial charge is 0.389 e. The van der Waals surface area contributed by atoms with Gasteiger partial charge in [-0.15, -0.1) is 5.10 Å². The summed E-state index contributed by atoms with van der Waals surface area (Å²) in [6, 6.07) is 29.4. The average Bonchev–Trinajstić information content (AvgIpc) is 2.17. The Morgan fingerprint density at radius 2 is 1.59 bits per heavy atom. The molecule has 0 radical (unpaired) electrons. The van der Waals surface area contributed by atoms with E-state index in [0.717, 1.165) is 69.9 Å². The van der Waals surface area contributed by atoms with Gasteiger partial charge in [0.1, 0.15) is 54.0 Å². The predicted molar refractivity (Wildman–Crippen MR) is 310 cm³/mol. The van der Waals surface area contributed by atoms with E-state index >= 15 is 8.78 Å². The molecule has 0 saturated carbocycles. The van der Waals surface area contributed by atoms with Crippen LogP contribution in [-0.2, 0) is 55.5 Å². The number of anilines is 3. The molecule has 2 unspecified atom stereocenters. The highest BCUT2D eigenvalue weighted by atomic mass is 32.7. The zero-order valence-corrected chi connectivity index (χ0v) is 48.1. The number of nitrogens with one attached hydrogen (secondary N) is 1. The van der Waals surface area contributed by atoms with Gasteiger partial charge >= 0.3 is 12.8 Å². The van der Waals surface area contributed by atoms with E-state index < -0.39 is 82.1 Å². The van der Waals surface area contributed by atoms with E-state index in [1.54, 1.807) is 55.5 Å². The summed E-state index contributed by atoms with van der Waals surface area (Å²) >= 11 is 0.758. The van der Waals surface area contributed by atoms with Crippen LogP contribution in [0.5, 0.6) is 11.5 Å². The van der Waals surface area contributed by atoms with Gasteiger partial charge in [-0.1, -0.05) is 59.8 Å². The van der Waals surface area contributed by atoms with E-state index in [2.05, 4.69) is 76.4 Å².